The Kier molecular flexibility index (Phi) is 4.07. The monoisotopic (exact) mass is 208 g/mol. The number of carbonyl (C=O) groups is 1. The molecule has 0 bridgehead atoms. The maximum atomic E-state index is 10.3. The van der Waals surface area contributed by atoms with E-state index in [1.807, 2.05) is 30.3 Å². The van der Waals surface area contributed by atoms with Gasteiger partial charge in [-0.05, 0) is 31.3 Å². The molecule has 1 atom stereocenters. The highest BCUT2D eigenvalue weighted by Gasteiger charge is 2.01. The van der Waals surface area contributed by atoms with E-state index >= 15 is 0 Å². The van der Waals surface area contributed by atoms with Crippen molar-refractivity contribution in [1.29, 1.82) is 0 Å². The standard InChI is InChI=1S/C10H12N2OS/c1-8(7-13)11-10(14)12-9-5-3-2-4-6-9/h2-8H,1H3,(H2,11,12,14)/t8-/m0/s1. The van der Waals surface area contributed by atoms with Crippen molar-refractivity contribution in [2.24, 2.45) is 0 Å². The minimum Gasteiger partial charge on any atom is -0.353 e. The predicted octanol–water partition coefficient (Wildman–Crippen LogP) is 1.56. The van der Waals surface area contributed by atoms with Gasteiger partial charge < -0.3 is 15.4 Å². The van der Waals surface area contributed by atoms with E-state index in [-0.39, 0.29) is 6.04 Å². The molecule has 0 aliphatic carbocycles. The van der Waals surface area contributed by atoms with Crippen LogP contribution in [-0.2, 0) is 4.79 Å². The highest BCUT2D eigenvalue weighted by Crippen LogP contribution is 2.04. The number of para-hydroxylation sites is 1. The van der Waals surface area contributed by atoms with Gasteiger partial charge >= 0.3 is 0 Å². The summed E-state index contributed by atoms with van der Waals surface area (Å²) in [7, 11) is 0. The summed E-state index contributed by atoms with van der Waals surface area (Å²) in [6.45, 7) is 1.74. The van der Waals surface area contributed by atoms with Crippen molar-refractivity contribution in [2.45, 2.75) is 13.0 Å². The van der Waals surface area contributed by atoms with E-state index in [2.05, 4.69) is 10.6 Å². The molecule has 0 saturated carbocycles. The van der Waals surface area contributed by atoms with E-state index in [9.17, 15) is 4.79 Å². The zero-order chi connectivity index (χ0) is 10.4. The van der Waals surface area contributed by atoms with Gasteiger partial charge in [0.25, 0.3) is 0 Å². The van der Waals surface area contributed by atoms with Crippen LogP contribution in [0.25, 0.3) is 0 Å². The molecule has 0 heterocycles. The lowest BCUT2D eigenvalue weighted by Crippen LogP contribution is -2.36. The van der Waals surface area contributed by atoms with Gasteiger partial charge in [0.15, 0.2) is 5.11 Å². The highest BCUT2D eigenvalue weighted by atomic mass is 32.1. The van der Waals surface area contributed by atoms with Gasteiger partial charge in [0.05, 0.1) is 6.04 Å². The molecule has 1 aromatic carbocycles. The Morgan fingerprint density at radius 1 is 1.43 bits per heavy atom. The van der Waals surface area contributed by atoms with Gasteiger partial charge in [0.1, 0.15) is 6.29 Å². The van der Waals surface area contributed by atoms with Crippen molar-refractivity contribution in [3.05, 3.63) is 30.3 Å². The van der Waals surface area contributed by atoms with Crippen molar-refractivity contribution in [3.8, 4) is 0 Å². The lowest BCUT2D eigenvalue weighted by molar-refractivity contribution is -0.108. The van der Waals surface area contributed by atoms with Crippen LogP contribution in [0.4, 0.5) is 5.69 Å². The van der Waals surface area contributed by atoms with Gasteiger partial charge in [0.2, 0.25) is 0 Å². The van der Waals surface area contributed by atoms with Crippen molar-refractivity contribution >= 4 is 29.3 Å². The topological polar surface area (TPSA) is 41.1 Å². The summed E-state index contributed by atoms with van der Waals surface area (Å²) < 4.78 is 0. The summed E-state index contributed by atoms with van der Waals surface area (Å²) in [5.74, 6) is 0. The average molecular weight is 208 g/mol. The number of thiocarbonyl (C=S) groups is 1. The quantitative estimate of drug-likeness (QED) is 0.584. The minimum atomic E-state index is -0.265. The first-order chi connectivity index (χ1) is 6.72. The number of carbonyl (C=O) groups excluding carboxylic acids is 1. The molecular formula is C10H12N2OS. The predicted molar refractivity (Wildman–Crippen MR) is 61.3 cm³/mol. The molecule has 0 unspecified atom stereocenters. The second kappa shape index (κ2) is 5.34. The first-order valence-corrected chi connectivity index (χ1v) is 4.71. The average Bonchev–Trinajstić information content (AvgIpc) is 2.19. The minimum absolute atomic E-state index is 0.265. The van der Waals surface area contributed by atoms with E-state index in [0.717, 1.165) is 12.0 Å². The van der Waals surface area contributed by atoms with Crippen LogP contribution in [0, 0.1) is 0 Å². The zero-order valence-corrected chi connectivity index (χ0v) is 8.67. The number of anilines is 1. The zero-order valence-electron chi connectivity index (χ0n) is 7.86. The molecule has 0 fully saturated rings. The summed E-state index contributed by atoms with van der Waals surface area (Å²) >= 11 is 5.00. The SMILES string of the molecule is C[C@@H](C=O)NC(=S)Nc1ccccc1. The Morgan fingerprint density at radius 2 is 2.07 bits per heavy atom. The van der Waals surface area contributed by atoms with Crippen LogP contribution in [0.1, 0.15) is 6.92 Å². The number of nitrogens with one attached hydrogen (secondary N) is 2. The molecule has 0 spiro atoms. The first-order valence-electron chi connectivity index (χ1n) is 4.30. The fourth-order valence-corrected chi connectivity index (χ4v) is 1.23. The van der Waals surface area contributed by atoms with Crippen molar-refractivity contribution in [3.63, 3.8) is 0 Å². The molecule has 3 nitrogen and oxygen atoms in total. The molecule has 0 amide bonds. The van der Waals surface area contributed by atoms with Crippen molar-refractivity contribution < 1.29 is 4.79 Å². The molecular weight excluding hydrogens is 196 g/mol. The van der Waals surface area contributed by atoms with E-state index < -0.39 is 0 Å². The number of aldehydes is 1. The molecule has 0 radical (unpaired) electrons. The van der Waals surface area contributed by atoms with E-state index in [4.69, 9.17) is 12.2 Å². The summed E-state index contributed by atoms with van der Waals surface area (Å²) in [4.78, 5) is 10.3. The fraction of sp³-hybridized carbons (Fsp3) is 0.200. The number of rotatable bonds is 3. The Labute approximate surface area is 88.5 Å². The molecule has 1 aromatic rings. The van der Waals surface area contributed by atoms with Crippen LogP contribution >= 0.6 is 12.2 Å². The third-order valence-electron chi connectivity index (χ3n) is 1.59. The van der Waals surface area contributed by atoms with E-state index in [1.165, 1.54) is 0 Å². The Bertz CT molecular complexity index is 313. The first kappa shape index (κ1) is 10.7. The maximum Gasteiger partial charge on any atom is 0.171 e. The molecule has 0 aliphatic rings. The Balaban J connectivity index is 2.46. The molecule has 4 heteroatoms. The maximum absolute atomic E-state index is 10.3. The summed E-state index contributed by atoms with van der Waals surface area (Å²) in [6, 6.07) is 9.29. The van der Waals surface area contributed by atoms with Crippen LogP contribution in [0.2, 0.25) is 0 Å². The lowest BCUT2D eigenvalue weighted by atomic mass is 10.3. The van der Waals surface area contributed by atoms with Crippen molar-refractivity contribution in [2.75, 3.05) is 5.32 Å². The molecule has 1 rings (SSSR count). The van der Waals surface area contributed by atoms with E-state index in [0.29, 0.717) is 5.11 Å². The largest absolute Gasteiger partial charge is 0.353 e. The normalized spacial score (nSPS) is 11.5. The van der Waals surface area contributed by atoms with E-state index in [1.54, 1.807) is 6.92 Å². The van der Waals surface area contributed by atoms with Gasteiger partial charge in [-0.1, -0.05) is 18.2 Å². The van der Waals surface area contributed by atoms with Gasteiger partial charge in [0, 0.05) is 5.69 Å². The van der Waals surface area contributed by atoms with Crippen LogP contribution < -0.4 is 10.6 Å². The van der Waals surface area contributed by atoms with Gasteiger partial charge in [-0.3, -0.25) is 0 Å². The molecule has 74 valence electrons. The Morgan fingerprint density at radius 3 is 2.64 bits per heavy atom. The van der Waals surface area contributed by atoms with Gasteiger partial charge in [-0.25, -0.2) is 0 Å². The second-order valence-electron chi connectivity index (χ2n) is 2.89. The van der Waals surface area contributed by atoms with Crippen molar-refractivity contribution in [1.82, 2.24) is 5.32 Å². The van der Waals surface area contributed by atoms with Gasteiger partial charge in [-0.15, -0.1) is 0 Å². The second-order valence-corrected chi connectivity index (χ2v) is 3.30. The highest BCUT2D eigenvalue weighted by molar-refractivity contribution is 7.80. The van der Waals surface area contributed by atoms with Crippen LogP contribution in [0.3, 0.4) is 0 Å². The van der Waals surface area contributed by atoms with Crippen LogP contribution in [-0.4, -0.2) is 17.4 Å². The van der Waals surface area contributed by atoms with Crippen LogP contribution in [0.15, 0.2) is 30.3 Å². The molecule has 2 N–H and O–H groups in total. The fourth-order valence-electron chi connectivity index (χ4n) is 0.929. The number of hydrogen-bond acceptors (Lipinski definition) is 2. The third-order valence-corrected chi connectivity index (χ3v) is 1.81. The molecule has 0 aromatic heterocycles. The third kappa shape index (κ3) is 3.53. The molecule has 0 aliphatic heterocycles. The lowest BCUT2D eigenvalue weighted by Gasteiger charge is -2.11. The number of hydrogen-bond donors (Lipinski definition) is 2. The van der Waals surface area contributed by atoms with Gasteiger partial charge in [-0.2, -0.15) is 0 Å². The van der Waals surface area contributed by atoms with Crippen LogP contribution in [0.5, 0.6) is 0 Å². The molecule has 0 saturated heterocycles. The smallest absolute Gasteiger partial charge is 0.171 e. The molecule has 14 heavy (non-hydrogen) atoms. The Hall–Kier alpha value is -1.42. The summed E-state index contributed by atoms with van der Waals surface area (Å²) in [5, 5.41) is 6.25. The summed E-state index contributed by atoms with van der Waals surface area (Å²) in [6.07, 6.45) is 0.805. The number of benzene rings is 1. The summed E-state index contributed by atoms with van der Waals surface area (Å²) in [5.41, 5.74) is 0.906.